The molecule has 0 saturated carbocycles. The molecule has 2 aromatic rings. The van der Waals surface area contributed by atoms with E-state index in [1.54, 1.807) is 0 Å². The summed E-state index contributed by atoms with van der Waals surface area (Å²) in [5.41, 5.74) is 4.18. The van der Waals surface area contributed by atoms with Crippen LogP contribution in [0.3, 0.4) is 0 Å². The first kappa shape index (κ1) is 15.9. The van der Waals surface area contributed by atoms with Gasteiger partial charge < -0.3 is 0 Å². The van der Waals surface area contributed by atoms with E-state index in [2.05, 4.69) is 82.9 Å². The van der Waals surface area contributed by atoms with Gasteiger partial charge in [0.15, 0.2) is 13.9 Å². The third-order valence-electron chi connectivity index (χ3n) is 3.41. The van der Waals surface area contributed by atoms with E-state index in [0.717, 1.165) is 0 Å². The average Bonchev–Trinajstić information content (AvgIpc) is 3.09. The quantitative estimate of drug-likeness (QED) is 0.419. The van der Waals surface area contributed by atoms with Gasteiger partial charge in [-0.15, -0.1) is 0 Å². The van der Waals surface area contributed by atoms with Gasteiger partial charge in [-0.25, -0.2) is 0 Å². The minimum Gasteiger partial charge on any atom is -0.0622 e. The molecule has 2 unspecified atom stereocenters. The Balaban J connectivity index is 0.00000132. The molecule has 4 rings (SSSR count). The molecule has 0 bridgehead atoms. The second kappa shape index (κ2) is 7.03. The van der Waals surface area contributed by atoms with E-state index in [4.69, 9.17) is 0 Å². The second-order valence-electron chi connectivity index (χ2n) is 4.69. The Labute approximate surface area is 157 Å². The van der Waals surface area contributed by atoms with Gasteiger partial charge >= 0.3 is 0 Å². The third-order valence-corrected chi connectivity index (χ3v) is 9.87. The predicted octanol–water partition coefficient (Wildman–Crippen LogP) is 5.21. The monoisotopic (exact) mass is 336 g/mol. The molecule has 0 aliphatic carbocycles. The number of hydrogen-bond acceptors (Lipinski definition) is 2. The minimum absolute atomic E-state index is 0. The molecule has 0 amide bonds. The summed E-state index contributed by atoms with van der Waals surface area (Å²) in [6.45, 7) is 0. The molecule has 0 fully saturated rings. The minimum atomic E-state index is 0. The zero-order chi connectivity index (χ0) is 13.4. The van der Waals surface area contributed by atoms with Crippen molar-refractivity contribution >= 4 is 65.7 Å². The SMILES string of the molecule is C1=C(c2ccccc2)C2=CC(c3ccccc3)S[S+]2S1.[Na]. The molecule has 2 atom stereocenters. The molecular formula is C17H13NaS3+. The molecule has 4 heteroatoms. The maximum absolute atomic E-state index is 2.46. The number of fused-ring (bicyclic) bond motifs is 1. The fourth-order valence-electron chi connectivity index (χ4n) is 2.39. The van der Waals surface area contributed by atoms with Crippen molar-refractivity contribution in [3.05, 3.63) is 88.2 Å². The molecule has 99 valence electrons. The molecular weight excluding hydrogens is 323 g/mol. The van der Waals surface area contributed by atoms with E-state index in [9.17, 15) is 0 Å². The Bertz CT molecular complexity index is 680. The molecule has 21 heavy (non-hydrogen) atoms. The van der Waals surface area contributed by atoms with Crippen molar-refractivity contribution in [2.24, 2.45) is 0 Å². The van der Waals surface area contributed by atoms with Crippen molar-refractivity contribution in [1.29, 1.82) is 0 Å². The largest absolute Gasteiger partial charge is 0.187 e. The molecule has 2 aliphatic heterocycles. The van der Waals surface area contributed by atoms with Crippen molar-refractivity contribution in [3.8, 4) is 0 Å². The van der Waals surface area contributed by atoms with Gasteiger partial charge in [0.25, 0.3) is 0 Å². The van der Waals surface area contributed by atoms with Crippen molar-refractivity contribution in [2.45, 2.75) is 5.25 Å². The normalized spacial score (nSPS) is 23.0. The molecule has 2 aliphatic rings. The average molecular weight is 336 g/mol. The van der Waals surface area contributed by atoms with Gasteiger partial charge in [-0.05, 0) is 17.2 Å². The van der Waals surface area contributed by atoms with Crippen LogP contribution in [0.5, 0.6) is 0 Å². The Hall–Kier alpha value is -0.0300. The first-order valence-electron chi connectivity index (χ1n) is 6.53. The maximum Gasteiger partial charge on any atom is 0.187 e. The zero-order valence-electron chi connectivity index (χ0n) is 11.7. The zero-order valence-corrected chi connectivity index (χ0v) is 16.2. The molecule has 2 aromatic carbocycles. The van der Waals surface area contributed by atoms with Crippen LogP contribution in [0.1, 0.15) is 16.4 Å². The number of benzene rings is 2. The predicted molar refractivity (Wildman–Crippen MR) is 100.0 cm³/mol. The Morgan fingerprint density at radius 1 is 0.857 bits per heavy atom. The molecule has 0 saturated heterocycles. The van der Waals surface area contributed by atoms with Crippen molar-refractivity contribution < 1.29 is 0 Å². The van der Waals surface area contributed by atoms with Crippen LogP contribution in [0.25, 0.3) is 5.57 Å². The molecule has 0 spiro atoms. The van der Waals surface area contributed by atoms with Crippen molar-refractivity contribution in [2.75, 3.05) is 0 Å². The number of allylic oxidation sites excluding steroid dienone is 1. The third kappa shape index (κ3) is 3.19. The van der Waals surface area contributed by atoms with Crippen LogP contribution >= 0.6 is 21.6 Å². The first-order chi connectivity index (χ1) is 9.92. The maximum atomic E-state index is 2.46. The fourth-order valence-corrected chi connectivity index (χ4v) is 9.27. The van der Waals surface area contributed by atoms with E-state index >= 15 is 0 Å². The standard InChI is InChI=1S/C17H13S3.Na/c1-3-7-13(8-4-1)15-12-18-20-17(15)11-16(19-20)14-9-5-2-6-10-14;/h1-12,16H;/q+1;. The van der Waals surface area contributed by atoms with Gasteiger partial charge in [0, 0.05) is 40.5 Å². The Kier molecular flexibility index (Phi) is 5.31. The van der Waals surface area contributed by atoms with E-state index < -0.39 is 0 Å². The summed E-state index contributed by atoms with van der Waals surface area (Å²) < 4.78 is 0. The van der Waals surface area contributed by atoms with Gasteiger partial charge in [0.2, 0.25) is 0 Å². The van der Waals surface area contributed by atoms with Crippen molar-refractivity contribution in [3.63, 3.8) is 0 Å². The summed E-state index contributed by atoms with van der Waals surface area (Å²) >= 11 is 0. The van der Waals surface area contributed by atoms with E-state index in [-0.39, 0.29) is 38.5 Å². The molecule has 0 N–H and O–H groups in total. The molecule has 0 nitrogen and oxygen atoms in total. The Morgan fingerprint density at radius 3 is 2.24 bits per heavy atom. The summed E-state index contributed by atoms with van der Waals surface area (Å²) in [6.07, 6.45) is 2.46. The smallest absolute Gasteiger partial charge is 0.0622 e. The summed E-state index contributed by atoms with van der Waals surface area (Å²) in [6, 6.07) is 21.6. The van der Waals surface area contributed by atoms with Crippen LogP contribution < -0.4 is 0 Å². The van der Waals surface area contributed by atoms with E-state index in [1.165, 1.54) is 21.6 Å². The van der Waals surface area contributed by atoms with Gasteiger partial charge in [-0.3, -0.25) is 0 Å². The fraction of sp³-hybridized carbons (Fsp3) is 0.0588. The number of hydrogen-bond donors (Lipinski definition) is 0. The number of rotatable bonds is 2. The van der Waals surface area contributed by atoms with E-state index in [0.29, 0.717) is 5.25 Å². The summed E-state index contributed by atoms with van der Waals surface area (Å²) in [4.78, 5) is 1.53. The first-order valence-corrected chi connectivity index (χ1v) is 10.5. The van der Waals surface area contributed by atoms with Gasteiger partial charge in [-0.2, -0.15) is 0 Å². The summed E-state index contributed by atoms with van der Waals surface area (Å²) in [7, 11) is 4.33. The molecule has 2 heterocycles. The topological polar surface area (TPSA) is 0 Å². The molecule has 1 radical (unpaired) electrons. The van der Waals surface area contributed by atoms with Crippen LogP contribution in [0, 0.1) is 0 Å². The van der Waals surface area contributed by atoms with E-state index in [1.807, 2.05) is 10.8 Å². The van der Waals surface area contributed by atoms with Crippen LogP contribution in [0.2, 0.25) is 0 Å². The second-order valence-corrected chi connectivity index (χ2v) is 10.5. The van der Waals surface area contributed by atoms with Crippen LogP contribution in [0.15, 0.2) is 77.1 Å². The van der Waals surface area contributed by atoms with Crippen molar-refractivity contribution in [1.82, 2.24) is 0 Å². The van der Waals surface area contributed by atoms with Crippen LogP contribution in [0.4, 0.5) is 0 Å². The Morgan fingerprint density at radius 2 is 1.52 bits per heavy atom. The van der Waals surface area contributed by atoms with Gasteiger partial charge in [-0.1, -0.05) is 60.7 Å². The molecule has 0 aromatic heterocycles. The summed E-state index contributed by atoms with van der Waals surface area (Å²) in [5.74, 6) is 0. The van der Waals surface area contributed by atoms with Crippen LogP contribution in [-0.2, 0) is 8.96 Å². The van der Waals surface area contributed by atoms with Crippen LogP contribution in [-0.4, -0.2) is 29.6 Å². The van der Waals surface area contributed by atoms with Gasteiger partial charge in [0.05, 0.1) is 0 Å². The van der Waals surface area contributed by atoms with Gasteiger partial charge in [0.1, 0.15) is 26.8 Å². The summed E-state index contributed by atoms with van der Waals surface area (Å²) in [5, 5.41) is 2.84.